The number of carbonyl (C=O) groups excluding carboxylic acids is 8. The van der Waals surface area contributed by atoms with Crippen LogP contribution in [0.3, 0.4) is 0 Å². The van der Waals surface area contributed by atoms with E-state index in [2.05, 4.69) is 13.2 Å². The van der Waals surface area contributed by atoms with E-state index < -0.39 is 59.6 Å². The molecule has 1 saturated carbocycles. The Balaban J connectivity index is 1.15. The average molecular weight is 1050 g/mol. The normalized spacial score (nSPS) is 13.7. The Hall–Kier alpha value is -8.28. The van der Waals surface area contributed by atoms with Crippen LogP contribution in [-0.2, 0) is 38.1 Å². The van der Waals surface area contributed by atoms with Crippen molar-refractivity contribution >= 4 is 47.8 Å². The Bertz CT molecular complexity index is 2450. The Morgan fingerprint density at radius 2 is 0.763 bits per heavy atom. The fourth-order valence-corrected chi connectivity index (χ4v) is 7.32. The molecule has 0 amide bonds. The molecule has 1 aliphatic rings. The molecule has 18 heteroatoms. The molecule has 0 radical (unpaired) electrons. The second kappa shape index (κ2) is 31.5. The molecule has 0 N–H and O–H groups in total. The molecule has 4 aromatic rings. The Morgan fingerprint density at radius 1 is 0.421 bits per heavy atom. The number of unbranched alkanes of at least 4 members (excludes halogenated alkanes) is 4. The standard InChI is InChI=1S/C58H64O18/c1-5-9-31-71-57(65)47-37-45(27-29-49(47)75-55(63)41-19-23-43(24-20-41)67-33-11-13-35-69-51(59)7-3)73-53(61)39-15-17-40(18-16-39)54(62)74-46-28-30-50(48(38-46)58(66)72-32-10-6-2)76-56(64)42-21-25-44(26-22-42)68-34-12-14-36-70-52(60)8-4/h7-8,19-30,37-40H,3-6,9-18,31-36H2,1-2H3. The second-order valence-corrected chi connectivity index (χ2v) is 17.4. The summed E-state index contributed by atoms with van der Waals surface area (Å²) in [6.07, 6.45) is 8.47. The van der Waals surface area contributed by atoms with Crippen LogP contribution in [0, 0.1) is 11.8 Å². The summed E-state index contributed by atoms with van der Waals surface area (Å²) in [6, 6.07) is 20.5. The van der Waals surface area contributed by atoms with E-state index in [4.69, 9.17) is 47.4 Å². The summed E-state index contributed by atoms with van der Waals surface area (Å²) in [5.74, 6) is -5.59. The highest BCUT2D eigenvalue weighted by molar-refractivity contribution is 5.98. The van der Waals surface area contributed by atoms with E-state index in [1.54, 1.807) is 24.3 Å². The van der Waals surface area contributed by atoms with Crippen LogP contribution in [0.5, 0.6) is 34.5 Å². The lowest BCUT2D eigenvalue weighted by atomic mass is 9.82. The lowest BCUT2D eigenvalue weighted by Gasteiger charge is -2.26. The van der Waals surface area contributed by atoms with E-state index in [9.17, 15) is 38.4 Å². The number of esters is 8. The molecule has 76 heavy (non-hydrogen) atoms. The third-order valence-corrected chi connectivity index (χ3v) is 11.7. The summed E-state index contributed by atoms with van der Waals surface area (Å²) in [5.41, 5.74) is 0.0956. The van der Waals surface area contributed by atoms with Gasteiger partial charge in [-0.25, -0.2) is 28.8 Å². The van der Waals surface area contributed by atoms with Crippen molar-refractivity contribution in [1.82, 2.24) is 0 Å². The molecule has 0 aliphatic heterocycles. The van der Waals surface area contributed by atoms with Gasteiger partial charge < -0.3 is 47.4 Å². The van der Waals surface area contributed by atoms with Crippen LogP contribution in [0.4, 0.5) is 0 Å². The van der Waals surface area contributed by atoms with Crippen LogP contribution in [0.15, 0.2) is 110 Å². The summed E-state index contributed by atoms with van der Waals surface area (Å²) in [4.78, 5) is 102. The molecule has 0 aromatic heterocycles. The van der Waals surface area contributed by atoms with Gasteiger partial charge >= 0.3 is 47.8 Å². The number of rotatable bonds is 30. The lowest BCUT2D eigenvalue weighted by molar-refractivity contribution is -0.145. The maximum atomic E-state index is 13.5. The van der Waals surface area contributed by atoms with Gasteiger partial charge in [-0.2, -0.15) is 0 Å². The fraction of sp³-hybridized carbons (Fsp3) is 0.379. The van der Waals surface area contributed by atoms with Crippen molar-refractivity contribution in [3.63, 3.8) is 0 Å². The molecule has 4 aromatic carbocycles. The molecule has 0 spiro atoms. The number of ether oxygens (including phenoxy) is 10. The van der Waals surface area contributed by atoms with Crippen LogP contribution in [0.25, 0.3) is 0 Å². The Morgan fingerprint density at radius 3 is 1.12 bits per heavy atom. The highest BCUT2D eigenvalue weighted by Crippen LogP contribution is 2.34. The van der Waals surface area contributed by atoms with Gasteiger partial charge in [0.25, 0.3) is 0 Å². The van der Waals surface area contributed by atoms with Crippen molar-refractivity contribution in [2.75, 3.05) is 39.6 Å². The molecular weight excluding hydrogens is 985 g/mol. The summed E-state index contributed by atoms with van der Waals surface area (Å²) < 4.78 is 54.9. The van der Waals surface area contributed by atoms with Crippen molar-refractivity contribution in [2.24, 2.45) is 11.8 Å². The van der Waals surface area contributed by atoms with Crippen molar-refractivity contribution in [2.45, 2.75) is 90.9 Å². The largest absolute Gasteiger partial charge is 0.494 e. The summed E-state index contributed by atoms with van der Waals surface area (Å²) in [5, 5.41) is 0. The van der Waals surface area contributed by atoms with Crippen molar-refractivity contribution in [3.05, 3.63) is 132 Å². The van der Waals surface area contributed by atoms with Gasteiger partial charge in [0, 0.05) is 12.2 Å². The van der Waals surface area contributed by atoms with Crippen LogP contribution < -0.4 is 28.4 Å². The van der Waals surface area contributed by atoms with E-state index in [1.807, 2.05) is 13.8 Å². The van der Waals surface area contributed by atoms with E-state index in [-0.39, 0.29) is 97.4 Å². The van der Waals surface area contributed by atoms with Gasteiger partial charge in [-0.05, 0) is 149 Å². The van der Waals surface area contributed by atoms with Crippen molar-refractivity contribution in [3.8, 4) is 34.5 Å². The van der Waals surface area contributed by atoms with Gasteiger partial charge in [0.1, 0.15) is 45.6 Å². The maximum absolute atomic E-state index is 13.5. The molecule has 1 fully saturated rings. The molecule has 0 unspecified atom stereocenters. The monoisotopic (exact) mass is 1050 g/mol. The fourth-order valence-electron chi connectivity index (χ4n) is 7.32. The van der Waals surface area contributed by atoms with Gasteiger partial charge in [-0.3, -0.25) is 9.59 Å². The molecule has 0 atom stereocenters. The molecule has 1 aliphatic carbocycles. The first-order chi connectivity index (χ1) is 36.8. The predicted molar refractivity (Wildman–Crippen MR) is 275 cm³/mol. The number of hydrogen-bond acceptors (Lipinski definition) is 18. The van der Waals surface area contributed by atoms with E-state index in [0.29, 0.717) is 63.2 Å². The zero-order chi connectivity index (χ0) is 54.7. The summed E-state index contributed by atoms with van der Waals surface area (Å²) in [7, 11) is 0. The van der Waals surface area contributed by atoms with Gasteiger partial charge in [-0.15, -0.1) is 0 Å². The molecular formula is C58H64O18. The van der Waals surface area contributed by atoms with Gasteiger partial charge in [0.2, 0.25) is 0 Å². The van der Waals surface area contributed by atoms with Gasteiger partial charge in [0.15, 0.2) is 0 Å². The SMILES string of the molecule is C=CC(=O)OCCCCOc1ccc(C(=O)Oc2ccc(OC(=O)C3CCC(C(=O)Oc4ccc(OC(=O)c5ccc(OCCCCOC(=O)C=C)cc5)c(C(=O)OCCCC)c4)CC3)cc2C(=O)OCCCC)cc1. The first kappa shape index (κ1) is 58.6. The zero-order valence-corrected chi connectivity index (χ0v) is 42.9. The quantitative estimate of drug-likeness (QED) is 0.0155. The van der Waals surface area contributed by atoms with Crippen LogP contribution in [-0.4, -0.2) is 87.4 Å². The van der Waals surface area contributed by atoms with E-state index >= 15 is 0 Å². The van der Waals surface area contributed by atoms with Crippen molar-refractivity contribution in [1.29, 1.82) is 0 Å². The summed E-state index contributed by atoms with van der Waals surface area (Å²) >= 11 is 0. The van der Waals surface area contributed by atoms with Crippen molar-refractivity contribution < 1.29 is 85.7 Å². The van der Waals surface area contributed by atoms with E-state index in [0.717, 1.165) is 25.0 Å². The topological polar surface area (TPSA) is 229 Å². The molecule has 0 heterocycles. The number of hydrogen-bond donors (Lipinski definition) is 0. The average Bonchev–Trinajstić information content (AvgIpc) is 3.43. The van der Waals surface area contributed by atoms with Gasteiger partial charge in [0.05, 0.1) is 62.6 Å². The third kappa shape index (κ3) is 19.2. The third-order valence-electron chi connectivity index (χ3n) is 11.7. The molecule has 5 rings (SSSR count). The van der Waals surface area contributed by atoms with E-state index in [1.165, 1.54) is 60.7 Å². The highest BCUT2D eigenvalue weighted by Gasteiger charge is 2.33. The van der Waals surface area contributed by atoms with Crippen LogP contribution >= 0.6 is 0 Å². The highest BCUT2D eigenvalue weighted by atomic mass is 16.6. The van der Waals surface area contributed by atoms with Crippen LogP contribution in [0.1, 0.15) is 132 Å². The Labute approximate surface area is 441 Å². The minimum atomic E-state index is -0.781. The molecule has 0 saturated heterocycles. The first-order valence-corrected chi connectivity index (χ1v) is 25.4. The molecule has 404 valence electrons. The predicted octanol–water partition coefficient (Wildman–Crippen LogP) is 10.1. The second-order valence-electron chi connectivity index (χ2n) is 17.4. The zero-order valence-electron chi connectivity index (χ0n) is 42.9. The smallest absolute Gasteiger partial charge is 0.343 e. The molecule has 0 bridgehead atoms. The number of carbonyl (C=O) groups is 8. The lowest BCUT2D eigenvalue weighted by Crippen LogP contribution is -2.30. The molecule has 18 nitrogen and oxygen atoms in total. The minimum Gasteiger partial charge on any atom is -0.494 e. The minimum absolute atomic E-state index is 0.0187. The Kier molecular flexibility index (Phi) is 24.3. The first-order valence-electron chi connectivity index (χ1n) is 25.4. The maximum Gasteiger partial charge on any atom is 0.343 e. The number of benzene rings is 4. The van der Waals surface area contributed by atoms with Gasteiger partial charge in [-0.1, -0.05) is 39.8 Å². The van der Waals surface area contributed by atoms with Crippen LogP contribution in [0.2, 0.25) is 0 Å². The summed E-state index contributed by atoms with van der Waals surface area (Å²) in [6.45, 7) is 12.0.